The molecule has 2 heteroatoms. The molecule has 0 unspecified atom stereocenters. The maximum absolute atomic E-state index is 6.02. The highest BCUT2D eigenvalue weighted by Gasteiger charge is 2.07. The highest BCUT2D eigenvalue weighted by atomic mass is 16.5. The van der Waals surface area contributed by atoms with E-state index in [-0.39, 0.29) is 6.04 Å². The maximum Gasteiger partial charge on any atom is 0.130 e. The summed E-state index contributed by atoms with van der Waals surface area (Å²) in [6.07, 6.45) is 0.941. The molecule has 0 heterocycles. The van der Waals surface area contributed by atoms with E-state index in [1.54, 1.807) is 0 Å². The molecule has 0 saturated heterocycles. The van der Waals surface area contributed by atoms with Crippen LogP contribution in [0.15, 0.2) is 36.4 Å². The van der Waals surface area contributed by atoms with Crippen molar-refractivity contribution >= 4 is 0 Å². The van der Waals surface area contributed by atoms with E-state index in [4.69, 9.17) is 10.5 Å². The fraction of sp³-hybridized carbons (Fsp3) is 0.333. The Hall–Kier alpha value is -1.80. The topological polar surface area (TPSA) is 35.2 Å². The third kappa shape index (κ3) is 3.20. The van der Waals surface area contributed by atoms with Gasteiger partial charge in [0.25, 0.3) is 0 Å². The van der Waals surface area contributed by atoms with E-state index in [9.17, 15) is 0 Å². The average molecular weight is 269 g/mol. The van der Waals surface area contributed by atoms with E-state index in [1.807, 2.05) is 24.3 Å². The lowest BCUT2D eigenvalue weighted by atomic mass is 10.0. The van der Waals surface area contributed by atoms with Crippen molar-refractivity contribution in [2.24, 2.45) is 5.73 Å². The second-order valence-corrected chi connectivity index (χ2v) is 5.39. The van der Waals surface area contributed by atoms with Crippen LogP contribution in [0.5, 0.6) is 11.5 Å². The van der Waals surface area contributed by atoms with Gasteiger partial charge in [-0.1, -0.05) is 25.1 Å². The number of benzene rings is 2. The normalized spacial score (nSPS) is 12.2. The summed E-state index contributed by atoms with van der Waals surface area (Å²) < 4.78 is 6.00. The molecule has 106 valence electrons. The predicted molar refractivity (Wildman–Crippen MR) is 84.4 cm³/mol. The van der Waals surface area contributed by atoms with Crippen LogP contribution in [-0.2, 0) is 0 Å². The first-order valence-corrected chi connectivity index (χ1v) is 7.12. The van der Waals surface area contributed by atoms with Crippen molar-refractivity contribution in [3.8, 4) is 11.5 Å². The average Bonchev–Trinajstić information content (AvgIpc) is 2.44. The summed E-state index contributed by atoms with van der Waals surface area (Å²) in [5.74, 6) is 1.78. The van der Waals surface area contributed by atoms with E-state index in [2.05, 4.69) is 39.8 Å². The lowest BCUT2D eigenvalue weighted by Gasteiger charge is -2.13. The van der Waals surface area contributed by atoms with Gasteiger partial charge >= 0.3 is 0 Å². The Balaban J connectivity index is 2.22. The van der Waals surface area contributed by atoms with E-state index in [0.717, 1.165) is 23.5 Å². The van der Waals surface area contributed by atoms with Crippen LogP contribution in [0, 0.1) is 20.8 Å². The van der Waals surface area contributed by atoms with Gasteiger partial charge in [-0.15, -0.1) is 0 Å². The van der Waals surface area contributed by atoms with Gasteiger partial charge in [0.15, 0.2) is 0 Å². The van der Waals surface area contributed by atoms with E-state index in [0.29, 0.717) is 0 Å². The number of hydrogen-bond acceptors (Lipinski definition) is 2. The van der Waals surface area contributed by atoms with E-state index < -0.39 is 0 Å². The monoisotopic (exact) mass is 269 g/mol. The van der Waals surface area contributed by atoms with Crippen LogP contribution in [0.4, 0.5) is 0 Å². The van der Waals surface area contributed by atoms with Gasteiger partial charge in [0, 0.05) is 6.04 Å². The van der Waals surface area contributed by atoms with Gasteiger partial charge in [-0.25, -0.2) is 0 Å². The number of nitrogens with two attached hydrogens (primary N) is 1. The van der Waals surface area contributed by atoms with Crippen LogP contribution in [-0.4, -0.2) is 0 Å². The molecule has 2 N–H and O–H groups in total. The van der Waals surface area contributed by atoms with Crippen molar-refractivity contribution in [3.05, 3.63) is 58.7 Å². The fourth-order valence-corrected chi connectivity index (χ4v) is 2.25. The molecule has 0 amide bonds. The first-order chi connectivity index (χ1) is 9.51. The van der Waals surface area contributed by atoms with Gasteiger partial charge in [-0.05, 0) is 67.6 Å². The van der Waals surface area contributed by atoms with Crippen molar-refractivity contribution in [2.45, 2.75) is 40.2 Å². The standard InChI is InChI=1S/C18H23NO/c1-5-17(19)15-6-8-16(9-7-15)20-18-11-12(2)10-13(3)14(18)4/h6-11,17H,5,19H2,1-4H3/t17-/m1/s1. The van der Waals surface area contributed by atoms with Crippen molar-refractivity contribution in [3.63, 3.8) is 0 Å². The summed E-state index contributed by atoms with van der Waals surface area (Å²) in [4.78, 5) is 0. The predicted octanol–water partition coefficient (Wildman–Crippen LogP) is 4.81. The number of aryl methyl sites for hydroxylation is 2. The van der Waals surface area contributed by atoms with E-state index >= 15 is 0 Å². The van der Waals surface area contributed by atoms with Gasteiger partial charge in [0.2, 0.25) is 0 Å². The lowest BCUT2D eigenvalue weighted by Crippen LogP contribution is -2.08. The summed E-state index contributed by atoms with van der Waals surface area (Å²) in [7, 11) is 0. The largest absolute Gasteiger partial charge is 0.457 e. The van der Waals surface area contributed by atoms with Crippen molar-refractivity contribution in [2.75, 3.05) is 0 Å². The zero-order valence-electron chi connectivity index (χ0n) is 12.7. The summed E-state index contributed by atoms with van der Waals surface area (Å²) in [6.45, 7) is 8.38. The highest BCUT2D eigenvalue weighted by molar-refractivity contribution is 5.44. The van der Waals surface area contributed by atoms with Gasteiger partial charge in [-0.3, -0.25) is 0 Å². The lowest BCUT2D eigenvalue weighted by molar-refractivity contribution is 0.477. The third-order valence-electron chi connectivity index (χ3n) is 3.74. The van der Waals surface area contributed by atoms with Gasteiger partial charge in [0.1, 0.15) is 11.5 Å². The minimum absolute atomic E-state index is 0.104. The van der Waals surface area contributed by atoms with E-state index in [1.165, 1.54) is 16.7 Å². The SMILES string of the molecule is CC[C@@H](N)c1ccc(Oc2cc(C)cc(C)c2C)cc1. The smallest absolute Gasteiger partial charge is 0.130 e. The summed E-state index contributed by atoms with van der Waals surface area (Å²) in [6, 6.07) is 12.4. The Morgan fingerprint density at radius 1 is 1.05 bits per heavy atom. The van der Waals surface area contributed by atoms with Crippen LogP contribution in [0.1, 0.15) is 41.6 Å². The Labute approximate surface area is 121 Å². The zero-order chi connectivity index (χ0) is 14.7. The van der Waals surface area contributed by atoms with Crippen LogP contribution >= 0.6 is 0 Å². The fourth-order valence-electron chi connectivity index (χ4n) is 2.25. The number of rotatable bonds is 4. The molecule has 0 fully saturated rings. The molecule has 2 rings (SSSR count). The third-order valence-corrected chi connectivity index (χ3v) is 3.74. The van der Waals surface area contributed by atoms with Crippen LogP contribution < -0.4 is 10.5 Å². The molecule has 20 heavy (non-hydrogen) atoms. The summed E-state index contributed by atoms with van der Waals surface area (Å²) >= 11 is 0. The Kier molecular flexibility index (Phi) is 4.46. The van der Waals surface area contributed by atoms with Crippen LogP contribution in [0.3, 0.4) is 0 Å². The summed E-state index contributed by atoms with van der Waals surface area (Å²) in [5.41, 5.74) is 10.8. The molecule has 0 aromatic heterocycles. The Morgan fingerprint density at radius 3 is 2.30 bits per heavy atom. The second-order valence-electron chi connectivity index (χ2n) is 5.39. The molecule has 2 aromatic carbocycles. The second kappa shape index (κ2) is 6.10. The van der Waals surface area contributed by atoms with Crippen LogP contribution in [0.25, 0.3) is 0 Å². The minimum Gasteiger partial charge on any atom is -0.457 e. The summed E-state index contributed by atoms with van der Waals surface area (Å²) in [5, 5.41) is 0. The molecule has 0 aliphatic rings. The molecular weight excluding hydrogens is 246 g/mol. The Morgan fingerprint density at radius 2 is 1.70 bits per heavy atom. The molecule has 2 aromatic rings. The molecule has 0 aliphatic carbocycles. The van der Waals surface area contributed by atoms with Gasteiger partial charge in [-0.2, -0.15) is 0 Å². The molecule has 0 bridgehead atoms. The van der Waals surface area contributed by atoms with Crippen LogP contribution in [0.2, 0.25) is 0 Å². The van der Waals surface area contributed by atoms with Crippen molar-refractivity contribution in [1.29, 1.82) is 0 Å². The molecular formula is C18H23NO. The van der Waals surface area contributed by atoms with Gasteiger partial charge in [0.05, 0.1) is 0 Å². The highest BCUT2D eigenvalue weighted by Crippen LogP contribution is 2.29. The molecule has 0 spiro atoms. The molecule has 1 atom stereocenters. The first kappa shape index (κ1) is 14.6. The Bertz CT molecular complexity index is 587. The molecule has 0 saturated carbocycles. The minimum atomic E-state index is 0.104. The number of ether oxygens (including phenoxy) is 1. The quantitative estimate of drug-likeness (QED) is 0.864. The maximum atomic E-state index is 6.02. The number of hydrogen-bond donors (Lipinski definition) is 1. The van der Waals surface area contributed by atoms with Gasteiger partial charge < -0.3 is 10.5 Å². The first-order valence-electron chi connectivity index (χ1n) is 7.12. The molecule has 2 nitrogen and oxygen atoms in total. The molecule has 0 aliphatic heterocycles. The molecule has 0 radical (unpaired) electrons. The van der Waals surface area contributed by atoms with Crippen molar-refractivity contribution < 1.29 is 4.74 Å². The zero-order valence-corrected chi connectivity index (χ0v) is 12.7. The van der Waals surface area contributed by atoms with Crippen molar-refractivity contribution in [1.82, 2.24) is 0 Å².